The summed E-state index contributed by atoms with van der Waals surface area (Å²) in [5.74, 6) is 0.721. The lowest BCUT2D eigenvalue weighted by atomic mass is 10.0. The number of carbonyl (C=O) groups excluding carboxylic acids is 1. The van der Waals surface area contributed by atoms with Crippen LogP contribution in [0.1, 0.15) is 21.6 Å². The highest BCUT2D eigenvalue weighted by Gasteiger charge is 2.11. The van der Waals surface area contributed by atoms with Crippen molar-refractivity contribution >= 4 is 17.5 Å². The lowest BCUT2D eigenvalue weighted by molar-refractivity contribution is 0.0991. The van der Waals surface area contributed by atoms with E-state index in [9.17, 15) is 4.79 Å². The molecule has 4 nitrogen and oxygen atoms in total. The van der Waals surface area contributed by atoms with E-state index < -0.39 is 0 Å². The van der Waals surface area contributed by atoms with Gasteiger partial charge < -0.3 is 4.74 Å². The van der Waals surface area contributed by atoms with Gasteiger partial charge in [0, 0.05) is 11.8 Å². The molecular weight excluding hydrogens is 272 g/mol. The maximum absolute atomic E-state index is 12.3. The van der Waals surface area contributed by atoms with E-state index in [0.717, 1.165) is 11.3 Å². The van der Waals surface area contributed by atoms with E-state index in [4.69, 9.17) is 4.74 Å². The number of aromatic nitrogens is 2. The van der Waals surface area contributed by atoms with Gasteiger partial charge in [0.05, 0.1) is 19.2 Å². The summed E-state index contributed by atoms with van der Waals surface area (Å²) in [5.41, 5.74) is 2.38. The maximum Gasteiger partial charge on any atom is 0.187 e. The van der Waals surface area contributed by atoms with Crippen LogP contribution in [0, 0.1) is 6.92 Å². The predicted molar refractivity (Wildman–Crippen MR) is 79.6 cm³/mol. The fraction of sp³-hybridized carbons (Fsp3) is 0.267. The van der Waals surface area contributed by atoms with Gasteiger partial charge in [-0.1, -0.05) is 11.8 Å². The summed E-state index contributed by atoms with van der Waals surface area (Å²) >= 11 is 1.46. The quantitative estimate of drug-likeness (QED) is 0.481. The summed E-state index contributed by atoms with van der Waals surface area (Å²) in [6, 6.07) is 7.28. The van der Waals surface area contributed by atoms with Crippen LogP contribution in [-0.2, 0) is 6.42 Å². The molecule has 1 aromatic carbocycles. The van der Waals surface area contributed by atoms with Crippen LogP contribution in [0.2, 0.25) is 0 Å². The van der Waals surface area contributed by atoms with Crippen molar-refractivity contribution in [2.75, 3.05) is 13.4 Å². The molecule has 0 atom stereocenters. The zero-order valence-corrected chi connectivity index (χ0v) is 12.5. The molecule has 0 radical (unpaired) electrons. The van der Waals surface area contributed by atoms with Gasteiger partial charge in [0.2, 0.25) is 0 Å². The average Bonchev–Trinajstić information content (AvgIpc) is 2.46. The third-order valence-electron chi connectivity index (χ3n) is 2.82. The number of Topliss-reactive ketones (excluding diaryl/α,β-unsaturated/α-hetero) is 1. The molecule has 0 amide bonds. The van der Waals surface area contributed by atoms with Gasteiger partial charge in [-0.3, -0.25) is 4.79 Å². The monoisotopic (exact) mass is 288 g/mol. The molecule has 0 aliphatic rings. The minimum Gasteiger partial charge on any atom is -0.497 e. The molecule has 20 heavy (non-hydrogen) atoms. The lowest BCUT2D eigenvalue weighted by Crippen LogP contribution is -2.06. The maximum atomic E-state index is 12.3. The van der Waals surface area contributed by atoms with Crippen LogP contribution < -0.4 is 4.74 Å². The second-order valence-corrected chi connectivity index (χ2v) is 5.15. The zero-order valence-electron chi connectivity index (χ0n) is 11.7. The topological polar surface area (TPSA) is 52.1 Å². The average molecular weight is 288 g/mol. The number of benzene rings is 1. The summed E-state index contributed by atoms with van der Waals surface area (Å²) in [5, 5.41) is 0.678. The minimum absolute atomic E-state index is 0.0257. The second kappa shape index (κ2) is 6.52. The molecule has 0 fully saturated rings. The SMILES string of the molecule is COc1cc(C)cc(C(=O)Cc2ccnc(SC)n2)c1. The summed E-state index contributed by atoms with van der Waals surface area (Å²) in [6.45, 7) is 1.94. The molecule has 0 N–H and O–H groups in total. The van der Waals surface area contributed by atoms with Crippen molar-refractivity contribution in [2.24, 2.45) is 0 Å². The first-order chi connectivity index (χ1) is 9.62. The molecule has 5 heteroatoms. The van der Waals surface area contributed by atoms with E-state index in [1.807, 2.05) is 25.3 Å². The van der Waals surface area contributed by atoms with Gasteiger partial charge in [0.1, 0.15) is 5.75 Å². The first kappa shape index (κ1) is 14.5. The Bertz CT molecular complexity index is 629. The molecule has 2 rings (SSSR count). The van der Waals surface area contributed by atoms with E-state index in [-0.39, 0.29) is 12.2 Å². The Hall–Kier alpha value is -1.88. The number of thioether (sulfide) groups is 1. The molecule has 0 aliphatic heterocycles. The van der Waals surface area contributed by atoms with Crippen LogP contribution in [0.3, 0.4) is 0 Å². The molecule has 0 aliphatic carbocycles. The number of ether oxygens (including phenoxy) is 1. The van der Waals surface area contributed by atoms with Crippen LogP contribution in [0.25, 0.3) is 0 Å². The number of aryl methyl sites for hydroxylation is 1. The van der Waals surface area contributed by atoms with Gasteiger partial charge in [-0.05, 0) is 43.0 Å². The summed E-state index contributed by atoms with van der Waals surface area (Å²) in [4.78, 5) is 20.7. The van der Waals surface area contributed by atoms with Crippen molar-refractivity contribution < 1.29 is 9.53 Å². The summed E-state index contributed by atoms with van der Waals surface area (Å²) in [7, 11) is 1.60. The van der Waals surface area contributed by atoms with Crippen LogP contribution in [0.15, 0.2) is 35.6 Å². The molecule has 104 valence electrons. The largest absolute Gasteiger partial charge is 0.497 e. The predicted octanol–water partition coefficient (Wildman–Crippen LogP) is 2.94. The van der Waals surface area contributed by atoms with Crippen LogP contribution in [0.4, 0.5) is 0 Å². The number of hydrogen-bond donors (Lipinski definition) is 0. The number of carbonyl (C=O) groups is 1. The van der Waals surface area contributed by atoms with Gasteiger partial charge >= 0.3 is 0 Å². The highest BCUT2D eigenvalue weighted by molar-refractivity contribution is 7.98. The van der Waals surface area contributed by atoms with Crippen molar-refractivity contribution in [3.8, 4) is 5.75 Å². The van der Waals surface area contributed by atoms with Crippen molar-refractivity contribution in [1.29, 1.82) is 0 Å². The highest BCUT2D eigenvalue weighted by atomic mass is 32.2. The van der Waals surface area contributed by atoms with Gasteiger partial charge in [0.25, 0.3) is 0 Å². The Morgan fingerprint density at radius 3 is 2.85 bits per heavy atom. The molecule has 0 unspecified atom stereocenters. The normalized spacial score (nSPS) is 10.3. The lowest BCUT2D eigenvalue weighted by Gasteiger charge is -2.06. The van der Waals surface area contributed by atoms with E-state index in [1.165, 1.54) is 11.8 Å². The Balaban J connectivity index is 2.21. The fourth-order valence-electron chi connectivity index (χ4n) is 1.87. The fourth-order valence-corrected chi connectivity index (χ4v) is 2.24. The molecule has 2 aromatic rings. The van der Waals surface area contributed by atoms with Gasteiger partial charge in [-0.2, -0.15) is 0 Å². The smallest absolute Gasteiger partial charge is 0.187 e. The van der Waals surface area contributed by atoms with E-state index >= 15 is 0 Å². The summed E-state index contributed by atoms with van der Waals surface area (Å²) in [6.07, 6.45) is 3.85. The molecule has 0 spiro atoms. The number of rotatable bonds is 5. The van der Waals surface area contributed by atoms with Crippen LogP contribution in [-0.4, -0.2) is 29.1 Å². The van der Waals surface area contributed by atoms with E-state index in [1.54, 1.807) is 25.4 Å². The van der Waals surface area contributed by atoms with E-state index in [2.05, 4.69) is 9.97 Å². The third kappa shape index (κ3) is 3.57. The number of ketones is 1. The van der Waals surface area contributed by atoms with Gasteiger partial charge in [-0.25, -0.2) is 9.97 Å². The van der Waals surface area contributed by atoms with Crippen molar-refractivity contribution in [3.05, 3.63) is 47.3 Å². The first-order valence-corrected chi connectivity index (χ1v) is 7.39. The van der Waals surface area contributed by atoms with Crippen molar-refractivity contribution in [2.45, 2.75) is 18.5 Å². The standard InChI is InChI=1S/C15H16N2O2S/c1-10-6-11(8-13(7-10)19-2)14(18)9-12-4-5-16-15(17-12)20-3/h4-8H,9H2,1-3H3. The molecule has 0 bridgehead atoms. The van der Waals surface area contributed by atoms with Crippen LogP contribution in [0.5, 0.6) is 5.75 Å². The second-order valence-electron chi connectivity index (χ2n) is 4.37. The zero-order chi connectivity index (χ0) is 14.5. The number of hydrogen-bond acceptors (Lipinski definition) is 5. The Morgan fingerprint density at radius 1 is 1.35 bits per heavy atom. The minimum atomic E-state index is 0.0257. The van der Waals surface area contributed by atoms with E-state index in [0.29, 0.717) is 16.5 Å². The van der Waals surface area contributed by atoms with Gasteiger partial charge in [0.15, 0.2) is 10.9 Å². The third-order valence-corrected chi connectivity index (χ3v) is 3.39. The number of methoxy groups -OCH3 is 1. The Morgan fingerprint density at radius 2 is 2.15 bits per heavy atom. The number of nitrogens with zero attached hydrogens (tertiary/aromatic N) is 2. The molecule has 1 heterocycles. The Kier molecular flexibility index (Phi) is 4.74. The molecule has 0 saturated carbocycles. The van der Waals surface area contributed by atoms with Crippen molar-refractivity contribution in [3.63, 3.8) is 0 Å². The Labute approximate surface area is 122 Å². The highest BCUT2D eigenvalue weighted by Crippen LogP contribution is 2.18. The molecular formula is C15H16N2O2S. The summed E-state index contributed by atoms with van der Waals surface area (Å²) < 4.78 is 5.19. The molecule has 0 saturated heterocycles. The van der Waals surface area contributed by atoms with Gasteiger partial charge in [-0.15, -0.1) is 0 Å². The van der Waals surface area contributed by atoms with Crippen molar-refractivity contribution in [1.82, 2.24) is 9.97 Å². The molecule has 1 aromatic heterocycles. The first-order valence-electron chi connectivity index (χ1n) is 6.17. The van der Waals surface area contributed by atoms with Crippen LogP contribution >= 0.6 is 11.8 Å².